The minimum atomic E-state index is -0.459. The standard InChI is InChI=1S/C24H25NO2/c26-23(17-25-15-14-20-8-4-5-9-22(20)16-25)18-27-24-12-10-21(11-13-24)19-6-2-1-3-7-19/h1-13,23,26H,14-18H2/p+1/t23-/m1/s1. The summed E-state index contributed by atoms with van der Waals surface area (Å²) in [5, 5.41) is 10.4. The maximum absolute atomic E-state index is 10.4. The summed E-state index contributed by atoms with van der Waals surface area (Å²) >= 11 is 0. The molecule has 0 aromatic heterocycles. The van der Waals surface area contributed by atoms with Crippen molar-refractivity contribution in [2.45, 2.75) is 19.1 Å². The molecule has 4 rings (SSSR count). The van der Waals surface area contributed by atoms with E-state index in [0.717, 1.165) is 31.8 Å². The molecule has 3 heteroatoms. The van der Waals surface area contributed by atoms with Gasteiger partial charge in [-0.05, 0) is 28.8 Å². The highest BCUT2D eigenvalue weighted by Crippen LogP contribution is 2.22. The van der Waals surface area contributed by atoms with Gasteiger partial charge in [-0.1, -0.05) is 66.7 Å². The maximum atomic E-state index is 10.4. The van der Waals surface area contributed by atoms with Crippen molar-refractivity contribution in [2.24, 2.45) is 0 Å². The van der Waals surface area contributed by atoms with Crippen LogP contribution in [0.2, 0.25) is 0 Å². The Balaban J connectivity index is 1.28. The Labute approximate surface area is 160 Å². The van der Waals surface area contributed by atoms with Crippen LogP contribution in [0.5, 0.6) is 5.75 Å². The number of benzene rings is 3. The van der Waals surface area contributed by atoms with Crippen molar-refractivity contribution in [1.29, 1.82) is 0 Å². The molecule has 2 atom stereocenters. The van der Waals surface area contributed by atoms with Crippen LogP contribution < -0.4 is 9.64 Å². The highest BCUT2D eigenvalue weighted by atomic mass is 16.5. The van der Waals surface area contributed by atoms with Gasteiger partial charge in [-0.15, -0.1) is 0 Å². The Kier molecular flexibility index (Phi) is 5.52. The molecule has 0 saturated heterocycles. The summed E-state index contributed by atoms with van der Waals surface area (Å²) in [5.74, 6) is 0.799. The van der Waals surface area contributed by atoms with Crippen molar-refractivity contribution < 1.29 is 14.7 Å². The number of aliphatic hydroxyl groups excluding tert-OH is 1. The third kappa shape index (κ3) is 4.57. The summed E-state index contributed by atoms with van der Waals surface area (Å²) in [5.41, 5.74) is 5.21. The van der Waals surface area contributed by atoms with Gasteiger partial charge in [-0.3, -0.25) is 0 Å². The maximum Gasteiger partial charge on any atom is 0.137 e. The lowest BCUT2D eigenvalue weighted by Gasteiger charge is -2.27. The Morgan fingerprint density at radius 1 is 0.815 bits per heavy atom. The quantitative estimate of drug-likeness (QED) is 0.709. The van der Waals surface area contributed by atoms with E-state index in [0.29, 0.717) is 6.61 Å². The summed E-state index contributed by atoms with van der Waals surface area (Å²) in [6, 6.07) is 27.0. The highest BCUT2D eigenvalue weighted by Gasteiger charge is 2.21. The van der Waals surface area contributed by atoms with E-state index < -0.39 is 6.10 Å². The van der Waals surface area contributed by atoms with E-state index in [4.69, 9.17) is 4.74 Å². The van der Waals surface area contributed by atoms with Crippen LogP contribution >= 0.6 is 0 Å². The molecule has 3 aromatic carbocycles. The third-order valence-corrected chi connectivity index (χ3v) is 5.23. The van der Waals surface area contributed by atoms with E-state index in [2.05, 4.69) is 48.5 Å². The first-order valence-electron chi connectivity index (χ1n) is 9.64. The molecule has 1 aliphatic rings. The molecule has 2 N–H and O–H groups in total. The Bertz CT molecular complexity index is 861. The van der Waals surface area contributed by atoms with Crippen LogP contribution in [0.15, 0.2) is 78.9 Å². The number of hydrogen-bond donors (Lipinski definition) is 2. The summed E-state index contributed by atoms with van der Waals surface area (Å²) in [6.07, 6.45) is 0.624. The molecule has 27 heavy (non-hydrogen) atoms. The van der Waals surface area contributed by atoms with Crippen LogP contribution in [0.25, 0.3) is 11.1 Å². The molecule has 1 unspecified atom stereocenters. The van der Waals surface area contributed by atoms with Gasteiger partial charge in [-0.2, -0.15) is 0 Å². The van der Waals surface area contributed by atoms with Gasteiger partial charge in [0.25, 0.3) is 0 Å². The normalized spacial score (nSPS) is 17.1. The molecule has 0 amide bonds. The molecule has 3 aromatic rings. The second-order valence-corrected chi connectivity index (χ2v) is 7.25. The first kappa shape index (κ1) is 17.8. The lowest BCUT2D eigenvalue weighted by atomic mass is 10.00. The minimum absolute atomic E-state index is 0.329. The number of rotatable bonds is 6. The van der Waals surface area contributed by atoms with Gasteiger partial charge in [0.1, 0.15) is 31.5 Å². The van der Waals surface area contributed by atoms with E-state index in [1.54, 1.807) is 0 Å². The number of hydrogen-bond acceptors (Lipinski definition) is 2. The van der Waals surface area contributed by atoms with Gasteiger partial charge < -0.3 is 14.7 Å². The van der Waals surface area contributed by atoms with Crippen molar-refractivity contribution in [3.05, 3.63) is 90.0 Å². The van der Waals surface area contributed by atoms with E-state index in [1.165, 1.54) is 27.2 Å². The molecule has 0 bridgehead atoms. The highest BCUT2D eigenvalue weighted by molar-refractivity contribution is 5.63. The van der Waals surface area contributed by atoms with Gasteiger partial charge in [0.05, 0.1) is 6.54 Å². The first-order valence-corrected chi connectivity index (χ1v) is 9.64. The van der Waals surface area contributed by atoms with E-state index in [9.17, 15) is 5.11 Å². The fourth-order valence-corrected chi connectivity index (χ4v) is 3.78. The average molecular weight is 360 g/mol. The van der Waals surface area contributed by atoms with Gasteiger partial charge in [-0.25, -0.2) is 0 Å². The molecule has 0 radical (unpaired) electrons. The van der Waals surface area contributed by atoms with Crippen LogP contribution in [0, 0.1) is 0 Å². The lowest BCUT2D eigenvalue weighted by Crippen LogP contribution is -3.13. The molecule has 0 spiro atoms. The molecular formula is C24H26NO2+. The van der Waals surface area contributed by atoms with Gasteiger partial charge in [0.2, 0.25) is 0 Å². The average Bonchev–Trinajstić information content (AvgIpc) is 2.73. The Morgan fingerprint density at radius 3 is 2.26 bits per heavy atom. The summed E-state index contributed by atoms with van der Waals surface area (Å²) < 4.78 is 5.81. The zero-order valence-electron chi connectivity index (χ0n) is 15.5. The number of nitrogens with one attached hydrogen (secondary N) is 1. The zero-order chi connectivity index (χ0) is 18.5. The van der Waals surface area contributed by atoms with E-state index >= 15 is 0 Å². The Hall–Kier alpha value is -2.62. The first-order chi connectivity index (χ1) is 13.3. The number of ether oxygens (including phenoxy) is 1. The van der Waals surface area contributed by atoms with Crippen molar-refractivity contribution in [3.63, 3.8) is 0 Å². The summed E-state index contributed by atoms with van der Waals surface area (Å²) in [4.78, 5) is 1.42. The van der Waals surface area contributed by atoms with Gasteiger partial charge in [0, 0.05) is 12.0 Å². The zero-order valence-corrected chi connectivity index (χ0v) is 15.5. The van der Waals surface area contributed by atoms with Crippen molar-refractivity contribution in [3.8, 4) is 16.9 Å². The molecule has 0 aliphatic carbocycles. The fourth-order valence-electron chi connectivity index (χ4n) is 3.78. The molecule has 138 valence electrons. The van der Waals surface area contributed by atoms with Crippen molar-refractivity contribution in [2.75, 3.05) is 19.7 Å². The second-order valence-electron chi connectivity index (χ2n) is 7.25. The van der Waals surface area contributed by atoms with Crippen molar-refractivity contribution in [1.82, 2.24) is 0 Å². The molecule has 3 nitrogen and oxygen atoms in total. The number of quaternary nitrogens is 1. The minimum Gasteiger partial charge on any atom is -0.491 e. The van der Waals surface area contributed by atoms with Crippen LogP contribution in [0.1, 0.15) is 11.1 Å². The smallest absolute Gasteiger partial charge is 0.137 e. The van der Waals surface area contributed by atoms with Crippen molar-refractivity contribution >= 4 is 0 Å². The predicted molar refractivity (Wildman–Crippen MR) is 108 cm³/mol. The van der Waals surface area contributed by atoms with Crippen LogP contribution in [0.3, 0.4) is 0 Å². The molecule has 0 fully saturated rings. The van der Waals surface area contributed by atoms with Crippen LogP contribution in [-0.4, -0.2) is 30.9 Å². The molecule has 0 saturated carbocycles. The van der Waals surface area contributed by atoms with Gasteiger partial charge in [0.15, 0.2) is 0 Å². The van der Waals surface area contributed by atoms with Gasteiger partial charge >= 0.3 is 0 Å². The Morgan fingerprint density at radius 2 is 1.48 bits per heavy atom. The molecule has 1 aliphatic heterocycles. The molecular weight excluding hydrogens is 334 g/mol. The molecule has 1 heterocycles. The predicted octanol–water partition coefficient (Wildman–Crippen LogP) is 2.73. The number of aliphatic hydroxyl groups is 1. The third-order valence-electron chi connectivity index (χ3n) is 5.23. The second kappa shape index (κ2) is 8.38. The topological polar surface area (TPSA) is 33.9 Å². The van der Waals surface area contributed by atoms with Crippen LogP contribution in [0.4, 0.5) is 0 Å². The summed E-state index contributed by atoms with van der Waals surface area (Å²) in [6.45, 7) is 3.10. The number of fused-ring (bicyclic) bond motifs is 1. The lowest BCUT2D eigenvalue weighted by molar-refractivity contribution is -0.918. The van der Waals surface area contributed by atoms with E-state index in [-0.39, 0.29) is 0 Å². The largest absolute Gasteiger partial charge is 0.491 e. The fraction of sp³-hybridized carbons (Fsp3) is 0.250. The van der Waals surface area contributed by atoms with E-state index in [1.807, 2.05) is 30.3 Å². The monoisotopic (exact) mass is 360 g/mol. The van der Waals surface area contributed by atoms with Crippen LogP contribution in [-0.2, 0) is 13.0 Å². The summed E-state index contributed by atoms with van der Waals surface area (Å²) in [7, 11) is 0. The SMILES string of the molecule is O[C@@H](COc1ccc(-c2ccccc2)cc1)C[NH+]1CCc2ccccc2C1.